The maximum absolute atomic E-state index is 11.6. The molecule has 0 aliphatic rings. The maximum Gasteiger partial charge on any atom is 0.255 e. The van der Waals surface area contributed by atoms with Crippen LogP contribution in [0.25, 0.3) is 0 Å². The molecule has 0 aromatic carbocycles. The van der Waals surface area contributed by atoms with E-state index in [0.29, 0.717) is 17.3 Å². The summed E-state index contributed by atoms with van der Waals surface area (Å²) in [5.41, 5.74) is 6.11. The molecule has 0 aliphatic heterocycles. The van der Waals surface area contributed by atoms with E-state index >= 15 is 0 Å². The van der Waals surface area contributed by atoms with Gasteiger partial charge in [-0.2, -0.15) is 0 Å². The molecule has 0 bridgehead atoms. The molecule has 21 heavy (non-hydrogen) atoms. The predicted octanol–water partition coefficient (Wildman–Crippen LogP) is 2.38. The molecule has 3 N–H and O–H groups in total. The summed E-state index contributed by atoms with van der Waals surface area (Å²) in [6, 6.07) is 1.61. The number of hydrogen-bond acceptors (Lipinski definition) is 6. The van der Waals surface area contributed by atoms with Crippen molar-refractivity contribution in [2.75, 3.05) is 5.32 Å². The molecule has 2 heterocycles. The highest BCUT2D eigenvalue weighted by atomic mass is 35.5. The van der Waals surface area contributed by atoms with E-state index in [1.165, 1.54) is 6.92 Å². The number of nitrogens with one attached hydrogen (secondary N) is 1. The number of hydrogen-bond donors (Lipinski definition) is 2. The summed E-state index contributed by atoms with van der Waals surface area (Å²) in [5.74, 6) is -0.389. The molecule has 0 aliphatic carbocycles. The van der Waals surface area contributed by atoms with E-state index in [9.17, 15) is 9.59 Å². The second kappa shape index (κ2) is 5.53. The van der Waals surface area contributed by atoms with Crippen LogP contribution < -0.4 is 11.1 Å². The van der Waals surface area contributed by atoms with Gasteiger partial charge in [0.1, 0.15) is 17.1 Å². The molecular weight excluding hydrogens is 296 g/mol. The van der Waals surface area contributed by atoms with Crippen molar-refractivity contribution in [3.05, 3.63) is 33.9 Å². The zero-order valence-corrected chi connectivity index (χ0v) is 12.4. The number of nitrogens with two attached hydrogens (primary N) is 1. The fraction of sp³-hybridized carbons (Fsp3) is 0.231. The van der Waals surface area contributed by atoms with E-state index in [1.807, 2.05) is 0 Å². The third-order valence-corrected chi connectivity index (χ3v) is 2.92. The molecular formula is C13H13ClN4O3. The van der Waals surface area contributed by atoms with Crippen molar-refractivity contribution in [2.45, 2.75) is 20.8 Å². The van der Waals surface area contributed by atoms with Gasteiger partial charge in [0.2, 0.25) is 11.2 Å². The first kappa shape index (κ1) is 15.0. The second-order valence-electron chi connectivity index (χ2n) is 4.45. The molecule has 0 radical (unpaired) electrons. The predicted molar refractivity (Wildman–Crippen MR) is 77.0 cm³/mol. The van der Waals surface area contributed by atoms with Crippen molar-refractivity contribution in [1.29, 1.82) is 0 Å². The van der Waals surface area contributed by atoms with Crippen LogP contribution in [-0.2, 0) is 0 Å². The number of anilines is 2. The molecule has 7 nitrogen and oxygen atoms in total. The van der Waals surface area contributed by atoms with Gasteiger partial charge in [-0.05, 0) is 32.4 Å². The molecule has 0 saturated heterocycles. The minimum Gasteiger partial charge on any atom is -0.444 e. The molecule has 0 atom stereocenters. The summed E-state index contributed by atoms with van der Waals surface area (Å²) in [4.78, 5) is 31.1. The number of aryl methyl sites for hydroxylation is 2. The molecule has 1 amide bonds. The van der Waals surface area contributed by atoms with Crippen molar-refractivity contribution in [3.8, 4) is 0 Å². The molecule has 2 aromatic rings. The summed E-state index contributed by atoms with van der Waals surface area (Å²) < 4.78 is 5.42. The standard InChI is InChI=1S/C13H13ClN4O3/c1-5-4-8(18-13(14)16-5)17-12-10(11(15)20)9(6(2)19)7(3)21-12/h4H,1-3H3,(H2,15,20)(H,16,17,18). The SMILES string of the molecule is CC(=O)c1c(C)oc(Nc2cc(C)nc(Cl)n2)c1C(N)=O. The maximum atomic E-state index is 11.6. The number of primary amides is 1. The van der Waals surface area contributed by atoms with Gasteiger partial charge in [0.25, 0.3) is 5.91 Å². The number of halogens is 1. The lowest BCUT2D eigenvalue weighted by molar-refractivity contribution is 0.0974. The smallest absolute Gasteiger partial charge is 0.255 e. The van der Waals surface area contributed by atoms with E-state index in [0.717, 1.165) is 0 Å². The lowest BCUT2D eigenvalue weighted by Crippen LogP contribution is -2.16. The van der Waals surface area contributed by atoms with Crippen LogP contribution in [0.3, 0.4) is 0 Å². The monoisotopic (exact) mass is 308 g/mol. The summed E-state index contributed by atoms with van der Waals surface area (Å²) >= 11 is 5.77. The number of ketones is 1. The van der Waals surface area contributed by atoms with Gasteiger partial charge in [-0.1, -0.05) is 0 Å². The Morgan fingerprint density at radius 2 is 1.95 bits per heavy atom. The number of aromatic nitrogens is 2. The van der Waals surface area contributed by atoms with Gasteiger partial charge in [-0.15, -0.1) is 0 Å². The Morgan fingerprint density at radius 3 is 2.48 bits per heavy atom. The van der Waals surface area contributed by atoms with Crippen molar-refractivity contribution in [1.82, 2.24) is 9.97 Å². The van der Waals surface area contributed by atoms with Gasteiger partial charge in [0, 0.05) is 11.8 Å². The number of nitrogens with zero attached hydrogens (tertiary/aromatic N) is 2. The highest BCUT2D eigenvalue weighted by molar-refractivity contribution is 6.28. The Balaban J connectivity index is 2.52. The lowest BCUT2D eigenvalue weighted by atomic mass is 10.1. The topological polar surface area (TPSA) is 111 Å². The first-order chi connectivity index (χ1) is 9.79. The number of rotatable bonds is 4. The number of carbonyl (C=O) groups excluding carboxylic acids is 2. The van der Waals surface area contributed by atoms with Gasteiger partial charge in [0.15, 0.2) is 5.78 Å². The summed E-state index contributed by atoms with van der Waals surface area (Å²) in [5, 5.41) is 2.85. The molecule has 110 valence electrons. The Morgan fingerprint density at radius 1 is 1.29 bits per heavy atom. The molecule has 8 heteroatoms. The normalized spacial score (nSPS) is 10.5. The lowest BCUT2D eigenvalue weighted by Gasteiger charge is -2.05. The fourth-order valence-electron chi connectivity index (χ4n) is 2.00. The van der Waals surface area contributed by atoms with E-state index in [2.05, 4.69) is 15.3 Å². The van der Waals surface area contributed by atoms with E-state index in [-0.39, 0.29) is 28.1 Å². The van der Waals surface area contributed by atoms with Crippen LogP contribution >= 0.6 is 11.6 Å². The molecule has 2 rings (SSSR count). The van der Waals surface area contributed by atoms with Crippen LogP contribution in [-0.4, -0.2) is 21.7 Å². The molecule has 2 aromatic heterocycles. The molecule has 0 spiro atoms. The van der Waals surface area contributed by atoms with E-state index < -0.39 is 5.91 Å². The number of Topliss-reactive ketones (excluding diaryl/α,β-unsaturated/α-hetero) is 1. The van der Waals surface area contributed by atoms with Crippen LogP contribution in [0.4, 0.5) is 11.7 Å². The van der Waals surface area contributed by atoms with Gasteiger partial charge in [-0.25, -0.2) is 9.97 Å². The van der Waals surface area contributed by atoms with E-state index in [1.54, 1.807) is 19.9 Å². The number of amides is 1. The zero-order valence-electron chi connectivity index (χ0n) is 11.7. The summed E-state index contributed by atoms with van der Waals surface area (Å²) in [6.45, 7) is 4.65. The zero-order chi connectivity index (χ0) is 15.7. The Kier molecular flexibility index (Phi) is 3.95. The second-order valence-corrected chi connectivity index (χ2v) is 4.78. The largest absolute Gasteiger partial charge is 0.444 e. The van der Waals surface area contributed by atoms with Gasteiger partial charge >= 0.3 is 0 Å². The first-order valence-electron chi connectivity index (χ1n) is 6.02. The Labute approximate surface area is 125 Å². The molecule has 0 saturated carbocycles. The average molecular weight is 309 g/mol. The Bertz CT molecular complexity index is 719. The van der Waals surface area contributed by atoms with Gasteiger partial charge < -0.3 is 15.5 Å². The third-order valence-electron chi connectivity index (χ3n) is 2.75. The van der Waals surface area contributed by atoms with Crippen LogP contribution in [0.5, 0.6) is 0 Å². The quantitative estimate of drug-likeness (QED) is 0.662. The van der Waals surface area contributed by atoms with Crippen LogP contribution in [0.15, 0.2) is 10.5 Å². The molecule has 0 fully saturated rings. The minimum atomic E-state index is -0.767. The fourth-order valence-corrected chi connectivity index (χ4v) is 2.23. The summed E-state index contributed by atoms with van der Waals surface area (Å²) in [7, 11) is 0. The highest BCUT2D eigenvalue weighted by Gasteiger charge is 2.25. The number of furan rings is 1. The van der Waals surface area contributed by atoms with Crippen molar-refractivity contribution >= 4 is 35.0 Å². The number of carbonyl (C=O) groups is 2. The van der Waals surface area contributed by atoms with Crippen molar-refractivity contribution < 1.29 is 14.0 Å². The Hall–Kier alpha value is -2.41. The van der Waals surface area contributed by atoms with Crippen LogP contribution in [0.2, 0.25) is 5.28 Å². The van der Waals surface area contributed by atoms with Gasteiger partial charge in [0.05, 0.1) is 5.56 Å². The highest BCUT2D eigenvalue weighted by Crippen LogP contribution is 2.29. The van der Waals surface area contributed by atoms with Crippen LogP contribution in [0.1, 0.15) is 39.1 Å². The third kappa shape index (κ3) is 3.03. The van der Waals surface area contributed by atoms with Crippen molar-refractivity contribution in [3.63, 3.8) is 0 Å². The average Bonchev–Trinajstić information content (AvgIpc) is 2.64. The van der Waals surface area contributed by atoms with Crippen LogP contribution in [0, 0.1) is 13.8 Å². The summed E-state index contributed by atoms with van der Waals surface area (Å²) in [6.07, 6.45) is 0. The first-order valence-corrected chi connectivity index (χ1v) is 6.39. The van der Waals surface area contributed by atoms with Gasteiger partial charge in [-0.3, -0.25) is 9.59 Å². The minimum absolute atomic E-state index is 0.00705. The van der Waals surface area contributed by atoms with E-state index in [4.69, 9.17) is 21.8 Å². The van der Waals surface area contributed by atoms with Crippen molar-refractivity contribution in [2.24, 2.45) is 5.73 Å². The molecule has 0 unspecified atom stereocenters.